The molecule has 1 unspecified atom stereocenters. The molecule has 1 aromatic heterocycles. The maximum absolute atomic E-state index is 13.4. The number of nitrogens with zero attached hydrogens (tertiary/aromatic N) is 2. The minimum absolute atomic E-state index is 0.0267. The van der Waals surface area contributed by atoms with E-state index in [4.69, 9.17) is 9.47 Å². The SMILES string of the molecule is CCCCCCCCCCCCCCCCCCC(=O)OCCN(CCOC(=O)CCCCCCCCCCCCCCCCCC)C(=O)CC[n+]1ccc(C(C)CC)cc1. The van der Waals surface area contributed by atoms with Crippen molar-refractivity contribution in [3.05, 3.63) is 30.1 Å². The van der Waals surface area contributed by atoms with Crippen LogP contribution in [0, 0.1) is 0 Å². The van der Waals surface area contributed by atoms with E-state index in [1.54, 1.807) is 4.90 Å². The maximum Gasteiger partial charge on any atom is 0.305 e. The largest absolute Gasteiger partial charge is 0.464 e. The number of ether oxygens (including phenoxy) is 2. The lowest BCUT2D eigenvalue weighted by Crippen LogP contribution is -2.41. The minimum atomic E-state index is -0.194. The average molecular weight is 856 g/mol. The lowest BCUT2D eigenvalue weighted by Gasteiger charge is -2.22. The predicted molar refractivity (Wildman–Crippen MR) is 257 cm³/mol. The third-order valence-corrected chi connectivity index (χ3v) is 12.8. The number of aryl methyl sites for hydroxylation is 1. The minimum Gasteiger partial charge on any atom is -0.464 e. The van der Waals surface area contributed by atoms with E-state index in [0.29, 0.717) is 44.8 Å². The zero-order valence-electron chi connectivity index (χ0n) is 40.8. The molecular weight excluding hydrogens is 757 g/mol. The molecular formula is C54H99N2O5+. The molecule has 1 heterocycles. The molecule has 1 aromatic rings. The van der Waals surface area contributed by atoms with Gasteiger partial charge in [0.1, 0.15) is 13.2 Å². The number of carbonyl (C=O) groups is 3. The van der Waals surface area contributed by atoms with Gasteiger partial charge in [-0.05, 0) is 30.7 Å². The molecule has 61 heavy (non-hydrogen) atoms. The fourth-order valence-electron chi connectivity index (χ4n) is 8.24. The van der Waals surface area contributed by atoms with Gasteiger partial charge in [-0.1, -0.05) is 220 Å². The Morgan fingerprint density at radius 3 is 1.10 bits per heavy atom. The second-order valence-electron chi connectivity index (χ2n) is 18.4. The van der Waals surface area contributed by atoms with Gasteiger partial charge in [-0.15, -0.1) is 0 Å². The number of hydrogen-bond donors (Lipinski definition) is 0. The highest BCUT2D eigenvalue weighted by Gasteiger charge is 2.18. The predicted octanol–water partition coefficient (Wildman–Crippen LogP) is 15.1. The molecule has 0 saturated carbocycles. The Morgan fingerprint density at radius 2 is 0.787 bits per heavy atom. The van der Waals surface area contributed by atoms with Gasteiger partial charge in [0, 0.05) is 25.0 Å². The molecule has 0 saturated heterocycles. The first-order chi connectivity index (χ1) is 29.9. The zero-order valence-corrected chi connectivity index (χ0v) is 40.8. The van der Waals surface area contributed by atoms with E-state index >= 15 is 0 Å². The summed E-state index contributed by atoms with van der Waals surface area (Å²) in [6.45, 7) is 10.5. The zero-order chi connectivity index (χ0) is 44.3. The summed E-state index contributed by atoms with van der Waals surface area (Å²) in [5.74, 6) is 0.0893. The number of aromatic nitrogens is 1. The summed E-state index contributed by atoms with van der Waals surface area (Å²) in [5, 5.41) is 0. The summed E-state index contributed by atoms with van der Waals surface area (Å²) < 4.78 is 13.2. The van der Waals surface area contributed by atoms with Crippen molar-refractivity contribution in [2.45, 2.75) is 271 Å². The van der Waals surface area contributed by atoms with E-state index in [0.717, 1.165) is 32.1 Å². The summed E-state index contributed by atoms with van der Waals surface area (Å²) in [7, 11) is 0. The maximum atomic E-state index is 13.4. The molecule has 1 rings (SSSR count). The molecule has 0 aliphatic heterocycles. The molecule has 7 nitrogen and oxygen atoms in total. The number of hydrogen-bond acceptors (Lipinski definition) is 5. The molecule has 0 bridgehead atoms. The van der Waals surface area contributed by atoms with E-state index < -0.39 is 0 Å². The van der Waals surface area contributed by atoms with Crippen LogP contribution in [0.1, 0.15) is 270 Å². The quantitative estimate of drug-likeness (QED) is 0.0371. The van der Waals surface area contributed by atoms with Gasteiger partial charge in [0.2, 0.25) is 5.91 Å². The van der Waals surface area contributed by atoms with Crippen LogP contribution in [0.3, 0.4) is 0 Å². The van der Waals surface area contributed by atoms with E-state index in [1.807, 2.05) is 17.0 Å². The van der Waals surface area contributed by atoms with Crippen molar-refractivity contribution in [1.82, 2.24) is 4.90 Å². The van der Waals surface area contributed by atoms with Crippen molar-refractivity contribution in [3.63, 3.8) is 0 Å². The van der Waals surface area contributed by atoms with Crippen molar-refractivity contribution in [1.29, 1.82) is 0 Å². The summed E-state index contributed by atoms with van der Waals surface area (Å²) in [5.41, 5.74) is 1.30. The lowest BCUT2D eigenvalue weighted by atomic mass is 10.0. The topological polar surface area (TPSA) is 76.8 Å². The smallest absolute Gasteiger partial charge is 0.305 e. The van der Waals surface area contributed by atoms with Crippen molar-refractivity contribution in [2.75, 3.05) is 26.3 Å². The van der Waals surface area contributed by atoms with Gasteiger partial charge < -0.3 is 14.4 Å². The number of carbonyl (C=O) groups excluding carboxylic acids is 3. The van der Waals surface area contributed by atoms with Crippen LogP contribution in [-0.2, 0) is 30.4 Å². The van der Waals surface area contributed by atoms with Crippen LogP contribution in [-0.4, -0.2) is 49.0 Å². The molecule has 0 radical (unpaired) electrons. The van der Waals surface area contributed by atoms with Gasteiger partial charge in [0.25, 0.3) is 0 Å². The third kappa shape index (κ3) is 35.7. The second-order valence-corrected chi connectivity index (χ2v) is 18.4. The molecule has 0 aliphatic rings. The Kier molecular flexibility index (Phi) is 39.7. The van der Waals surface area contributed by atoms with Gasteiger partial charge in [-0.2, -0.15) is 0 Å². The van der Waals surface area contributed by atoms with E-state index in [9.17, 15) is 14.4 Å². The van der Waals surface area contributed by atoms with Crippen molar-refractivity contribution in [3.8, 4) is 0 Å². The monoisotopic (exact) mass is 856 g/mol. The number of unbranched alkanes of at least 4 members (excludes halogenated alkanes) is 30. The number of rotatable bonds is 45. The van der Waals surface area contributed by atoms with Gasteiger partial charge in [-0.25, -0.2) is 4.57 Å². The second kappa shape index (κ2) is 42.8. The fourth-order valence-corrected chi connectivity index (χ4v) is 8.24. The van der Waals surface area contributed by atoms with Gasteiger partial charge >= 0.3 is 11.9 Å². The average Bonchev–Trinajstić information content (AvgIpc) is 3.27. The van der Waals surface area contributed by atoms with Crippen LogP contribution >= 0.6 is 0 Å². The Bertz CT molecular complexity index is 1090. The normalized spacial score (nSPS) is 11.8. The highest BCUT2D eigenvalue weighted by atomic mass is 16.5. The van der Waals surface area contributed by atoms with Gasteiger partial charge in [0.15, 0.2) is 18.9 Å². The highest BCUT2D eigenvalue weighted by molar-refractivity contribution is 5.76. The van der Waals surface area contributed by atoms with Crippen LogP contribution in [0.15, 0.2) is 24.5 Å². The molecule has 354 valence electrons. The molecule has 1 amide bonds. The van der Waals surface area contributed by atoms with Crippen molar-refractivity contribution < 1.29 is 28.4 Å². The van der Waals surface area contributed by atoms with E-state index in [2.05, 4.69) is 39.8 Å². The number of pyridine rings is 1. The summed E-state index contributed by atoms with van der Waals surface area (Å²) in [4.78, 5) is 40.2. The Morgan fingerprint density at radius 1 is 0.475 bits per heavy atom. The van der Waals surface area contributed by atoms with Gasteiger partial charge in [-0.3, -0.25) is 14.4 Å². The Labute approximate surface area is 377 Å². The van der Waals surface area contributed by atoms with Crippen LogP contribution in [0.2, 0.25) is 0 Å². The van der Waals surface area contributed by atoms with E-state index in [1.165, 1.54) is 185 Å². The molecule has 0 N–H and O–H groups in total. The summed E-state index contributed by atoms with van der Waals surface area (Å²) in [6.07, 6.45) is 48.0. The fraction of sp³-hybridized carbons (Fsp3) is 0.852. The van der Waals surface area contributed by atoms with Crippen molar-refractivity contribution in [2.24, 2.45) is 0 Å². The molecule has 0 spiro atoms. The first-order valence-corrected chi connectivity index (χ1v) is 26.5. The number of amides is 1. The molecule has 7 heteroatoms. The highest BCUT2D eigenvalue weighted by Crippen LogP contribution is 2.18. The number of esters is 2. The van der Waals surface area contributed by atoms with Crippen LogP contribution in [0.5, 0.6) is 0 Å². The summed E-state index contributed by atoms with van der Waals surface area (Å²) >= 11 is 0. The van der Waals surface area contributed by atoms with E-state index in [-0.39, 0.29) is 31.1 Å². The molecule has 0 aromatic carbocycles. The molecule has 0 fully saturated rings. The third-order valence-electron chi connectivity index (χ3n) is 12.8. The molecule has 0 aliphatic carbocycles. The standard InChI is InChI=1S/C54H99N2O5/c1-5-8-10-12-14-16-18-20-22-24-26-28-30-32-34-36-38-53(58)60-48-46-56(52(57)42-45-55-43-40-51(41-44-55)50(4)7-3)47-49-61-54(59)39-37-35-33-31-29-27-25-23-21-19-17-15-13-11-9-6-2/h40-41,43-44,50H,5-39,42,45-49H2,1-4H3/q+1. The van der Waals surface area contributed by atoms with Gasteiger partial charge in [0.05, 0.1) is 19.5 Å². The first kappa shape index (κ1) is 56.6. The Balaban J connectivity index is 2.27. The summed E-state index contributed by atoms with van der Waals surface area (Å²) in [6, 6.07) is 4.27. The van der Waals surface area contributed by atoms with Crippen LogP contribution in [0.25, 0.3) is 0 Å². The van der Waals surface area contributed by atoms with Crippen LogP contribution < -0.4 is 4.57 Å². The van der Waals surface area contributed by atoms with Crippen molar-refractivity contribution >= 4 is 17.8 Å². The Hall–Kier alpha value is -2.44. The first-order valence-electron chi connectivity index (χ1n) is 26.5. The lowest BCUT2D eigenvalue weighted by molar-refractivity contribution is -0.696. The van der Waals surface area contributed by atoms with Crippen LogP contribution in [0.4, 0.5) is 0 Å². The molecule has 1 atom stereocenters.